The summed E-state index contributed by atoms with van der Waals surface area (Å²) in [7, 11) is 0. The van der Waals surface area contributed by atoms with E-state index in [0.717, 1.165) is 9.86 Å². The quantitative estimate of drug-likeness (QED) is 0.761. The number of benzene rings is 1. The van der Waals surface area contributed by atoms with Gasteiger partial charge in [0.25, 0.3) is 0 Å². The molecule has 0 fully saturated rings. The van der Waals surface area contributed by atoms with Crippen molar-refractivity contribution in [3.05, 3.63) is 52.5 Å². The molecule has 0 saturated heterocycles. The summed E-state index contributed by atoms with van der Waals surface area (Å²) in [6, 6.07) is 8.27. The summed E-state index contributed by atoms with van der Waals surface area (Å²) in [6.07, 6.45) is 1.40. The average Bonchev–Trinajstić information content (AvgIpc) is 2.47. The first kappa shape index (κ1) is 13.7. The van der Waals surface area contributed by atoms with Crippen molar-refractivity contribution >= 4 is 38.6 Å². The maximum Gasteiger partial charge on any atom is 0.166 e. The van der Waals surface area contributed by atoms with E-state index >= 15 is 0 Å². The second-order valence-corrected chi connectivity index (χ2v) is 5.33. The van der Waals surface area contributed by atoms with Crippen LogP contribution in [0.2, 0.25) is 0 Å². The summed E-state index contributed by atoms with van der Waals surface area (Å²) in [6.45, 7) is 0.307. The molecule has 21 heavy (non-hydrogen) atoms. The zero-order chi connectivity index (χ0) is 14.8. The summed E-state index contributed by atoms with van der Waals surface area (Å²) in [5.41, 5.74) is 6.67. The van der Waals surface area contributed by atoms with Crippen LogP contribution in [-0.2, 0) is 6.54 Å². The molecule has 0 atom stereocenters. The van der Waals surface area contributed by atoms with Crippen LogP contribution < -0.4 is 11.1 Å². The van der Waals surface area contributed by atoms with Gasteiger partial charge in [-0.05, 0) is 30.3 Å². The molecule has 3 N–H and O–H groups in total. The normalized spacial score (nSPS) is 10.8. The molecule has 0 aliphatic heterocycles. The molecule has 2 heterocycles. The molecule has 0 bridgehead atoms. The number of hydrogen-bond donors (Lipinski definition) is 2. The average molecular weight is 348 g/mol. The van der Waals surface area contributed by atoms with Crippen LogP contribution in [0.4, 0.5) is 16.0 Å². The number of anilines is 2. The fraction of sp³-hybridized carbons (Fsp3) is 0.0714. The Hall–Kier alpha value is -2.28. The highest BCUT2D eigenvalue weighted by Crippen LogP contribution is 2.21. The van der Waals surface area contributed by atoms with Crippen molar-refractivity contribution in [3.8, 4) is 0 Å². The third-order valence-corrected chi connectivity index (χ3v) is 3.47. The van der Waals surface area contributed by atoms with E-state index in [4.69, 9.17) is 5.73 Å². The van der Waals surface area contributed by atoms with Gasteiger partial charge in [-0.2, -0.15) is 0 Å². The summed E-state index contributed by atoms with van der Waals surface area (Å²) in [5, 5.41) is 3.84. The van der Waals surface area contributed by atoms with E-state index in [1.807, 2.05) is 0 Å². The van der Waals surface area contributed by atoms with Crippen molar-refractivity contribution in [3.63, 3.8) is 0 Å². The second-order valence-electron chi connectivity index (χ2n) is 4.42. The molecule has 2 aromatic heterocycles. The Morgan fingerprint density at radius 2 is 2.05 bits per heavy atom. The fourth-order valence-electron chi connectivity index (χ4n) is 1.96. The number of hydrogen-bond acceptors (Lipinski definition) is 5. The predicted octanol–water partition coefficient (Wildman–Crippen LogP) is 3.12. The topological polar surface area (TPSA) is 76.7 Å². The Bertz CT molecular complexity index is 808. The number of aromatic nitrogens is 3. The zero-order valence-corrected chi connectivity index (χ0v) is 12.4. The lowest BCUT2D eigenvalue weighted by molar-refractivity contribution is 0.612. The van der Waals surface area contributed by atoms with E-state index in [9.17, 15) is 4.39 Å². The molecule has 0 unspecified atom stereocenters. The van der Waals surface area contributed by atoms with Gasteiger partial charge in [0, 0.05) is 16.6 Å². The van der Waals surface area contributed by atoms with Crippen LogP contribution in [0, 0.1) is 5.82 Å². The molecule has 7 heteroatoms. The van der Waals surface area contributed by atoms with Gasteiger partial charge in [-0.3, -0.25) is 0 Å². The highest BCUT2D eigenvalue weighted by Gasteiger charge is 2.07. The summed E-state index contributed by atoms with van der Waals surface area (Å²) in [4.78, 5) is 12.4. The van der Waals surface area contributed by atoms with Crippen molar-refractivity contribution in [1.82, 2.24) is 15.0 Å². The second kappa shape index (κ2) is 5.61. The minimum absolute atomic E-state index is 0.272. The van der Waals surface area contributed by atoms with Gasteiger partial charge in [0.15, 0.2) is 5.65 Å². The lowest BCUT2D eigenvalue weighted by atomic mass is 10.2. The number of nitrogen functional groups attached to an aromatic ring is 1. The van der Waals surface area contributed by atoms with Gasteiger partial charge in [0.1, 0.15) is 23.8 Å². The van der Waals surface area contributed by atoms with Crippen molar-refractivity contribution in [2.45, 2.75) is 6.54 Å². The molecular weight excluding hydrogens is 337 g/mol. The highest BCUT2D eigenvalue weighted by atomic mass is 79.9. The molecular formula is C14H11BrFN5. The van der Waals surface area contributed by atoms with Crippen molar-refractivity contribution < 1.29 is 4.39 Å². The first-order valence-corrected chi connectivity index (χ1v) is 6.98. The van der Waals surface area contributed by atoms with E-state index in [0.29, 0.717) is 29.4 Å². The number of nitrogens with one attached hydrogen (secondary N) is 1. The maximum atomic E-state index is 13.7. The van der Waals surface area contributed by atoms with Gasteiger partial charge >= 0.3 is 0 Å². The Labute approximate surface area is 128 Å². The molecule has 0 radical (unpaired) electrons. The summed E-state index contributed by atoms with van der Waals surface area (Å²) < 4.78 is 14.5. The maximum absolute atomic E-state index is 13.7. The molecule has 106 valence electrons. The lowest BCUT2D eigenvalue weighted by Crippen LogP contribution is -2.05. The smallest absolute Gasteiger partial charge is 0.166 e. The molecule has 0 saturated carbocycles. The first-order valence-electron chi connectivity index (χ1n) is 6.18. The van der Waals surface area contributed by atoms with Crippen LogP contribution in [0.25, 0.3) is 11.0 Å². The van der Waals surface area contributed by atoms with E-state index < -0.39 is 0 Å². The molecule has 0 amide bonds. The van der Waals surface area contributed by atoms with Gasteiger partial charge in [-0.1, -0.05) is 15.9 Å². The lowest BCUT2D eigenvalue weighted by Gasteiger charge is -2.09. The van der Waals surface area contributed by atoms with E-state index in [1.165, 1.54) is 12.4 Å². The molecule has 5 nitrogen and oxygen atoms in total. The molecule has 0 aliphatic rings. The number of nitrogens with two attached hydrogens (primary N) is 1. The van der Waals surface area contributed by atoms with E-state index in [1.54, 1.807) is 24.3 Å². The van der Waals surface area contributed by atoms with Crippen LogP contribution >= 0.6 is 15.9 Å². The van der Waals surface area contributed by atoms with Crippen LogP contribution in [0.1, 0.15) is 5.56 Å². The van der Waals surface area contributed by atoms with Crippen molar-refractivity contribution in [2.24, 2.45) is 0 Å². The largest absolute Gasteiger partial charge is 0.384 e. The Kier molecular flexibility index (Phi) is 3.66. The van der Waals surface area contributed by atoms with E-state index in [-0.39, 0.29) is 5.82 Å². The zero-order valence-electron chi connectivity index (χ0n) is 10.8. The molecule has 3 aromatic rings. The van der Waals surface area contributed by atoms with Crippen molar-refractivity contribution in [2.75, 3.05) is 11.1 Å². The molecule has 0 aliphatic carbocycles. The fourth-order valence-corrected chi connectivity index (χ4v) is 2.36. The summed E-state index contributed by atoms with van der Waals surface area (Å²) >= 11 is 3.33. The third kappa shape index (κ3) is 2.92. The van der Waals surface area contributed by atoms with Gasteiger partial charge in [0.05, 0.1) is 5.39 Å². The van der Waals surface area contributed by atoms with Crippen molar-refractivity contribution in [1.29, 1.82) is 0 Å². The first-order chi connectivity index (χ1) is 10.1. The Balaban J connectivity index is 1.90. The Morgan fingerprint density at radius 3 is 2.90 bits per heavy atom. The van der Waals surface area contributed by atoms with E-state index in [2.05, 4.69) is 36.2 Å². The van der Waals surface area contributed by atoms with Crippen LogP contribution in [0.15, 0.2) is 41.1 Å². The molecule has 0 spiro atoms. The number of halogens is 2. The van der Waals surface area contributed by atoms with Gasteiger partial charge in [0.2, 0.25) is 0 Å². The van der Waals surface area contributed by atoms with Gasteiger partial charge in [-0.25, -0.2) is 19.3 Å². The SMILES string of the molecule is Nc1ccc2c(NCc3cc(Br)ccc3F)ncnc2n1. The minimum atomic E-state index is -0.272. The number of pyridine rings is 1. The number of nitrogens with zero attached hydrogens (tertiary/aromatic N) is 3. The van der Waals surface area contributed by atoms with Gasteiger partial charge in [-0.15, -0.1) is 0 Å². The van der Waals surface area contributed by atoms with Crippen LogP contribution in [-0.4, -0.2) is 15.0 Å². The highest BCUT2D eigenvalue weighted by molar-refractivity contribution is 9.10. The number of fused-ring (bicyclic) bond motifs is 1. The predicted molar refractivity (Wildman–Crippen MR) is 83.2 cm³/mol. The van der Waals surface area contributed by atoms with Crippen LogP contribution in [0.5, 0.6) is 0 Å². The monoisotopic (exact) mass is 347 g/mol. The minimum Gasteiger partial charge on any atom is -0.384 e. The standard InChI is InChI=1S/C14H11BrFN5/c15-9-1-3-11(16)8(5-9)6-18-13-10-2-4-12(17)21-14(10)20-7-19-13/h1-5,7H,6H2,(H3,17,18,19,20,21). The number of rotatable bonds is 3. The van der Waals surface area contributed by atoms with Crippen LogP contribution in [0.3, 0.4) is 0 Å². The van der Waals surface area contributed by atoms with Gasteiger partial charge < -0.3 is 11.1 Å². The molecule has 3 rings (SSSR count). The summed E-state index contributed by atoms with van der Waals surface area (Å²) in [5.74, 6) is 0.712. The molecule has 1 aromatic carbocycles. The Morgan fingerprint density at radius 1 is 1.19 bits per heavy atom. The third-order valence-electron chi connectivity index (χ3n) is 2.97.